The van der Waals surface area contributed by atoms with Gasteiger partial charge in [-0.2, -0.15) is 0 Å². The largest absolute Gasteiger partial charge is 0.399 e. The Balaban J connectivity index is 1.85. The number of nitrogens with zero attached hydrogens (tertiary/aromatic N) is 2. The molecular weight excluding hydrogens is 290 g/mol. The normalized spacial score (nSPS) is 19.0. The monoisotopic (exact) mass is 319 g/mol. The van der Waals surface area contributed by atoms with Crippen molar-refractivity contribution in [3.05, 3.63) is 29.8 Å². The number of aryl methyl sites for hydroxylation is 1. The van der Waals surface area contributed by atoms with Gasteiger partial charge < -0.3 is 15.4 Å². The number of piperazine rings is 1. The summed E-state index contributed by atoms with van der Waals surface area (Å²) in [6, 6.07) is 8.22. The summed E-state index contributed by atoms with van der Waals surface area (Å²) >= 11 is 0. The second-order valence-electron chi connectivity index (χ2n) is 6.13. The van der Waals surface area contributed by atoms with Crippen LogP contribution in [0.4, 0.5) is 5.69 Å². The quantitative estimate of drug-likeness (QED) is 0.778. The summed E-state index contributed by atoms with van der Waals surface area (Å²) in [5.41, 5.74) is 7.79. The molecule has 1 saturated heterocycles. The van der Waals surface area contributed by atoms with Gasteiger partial charge in [0, 0.05) is 51.4 Å². The molecule has 1 fully saturated rings. The summed E-state index contributed by atoms with van der Waals surface area (Å²) < 4.78 is 5.18. The molecular formula is C18H29N3O2. The molecule has 5 heteroatoms. The van der Waals surface area contributed by atoms with Crippen molar-refractivity contribution >= 4 is 11.6 Å². The third-order valence-corrected chi connectivity index (χ3v) is 4.67. The molecule has 1 aromatic carbocycles. The lowest BCUT2D eigenvalue weighted by molar-refractivity contribution is -0.134. The number of ether oxygens (including phenoxy) is 1. The smallest absolute Gasteiger partial charge is 0.222 e. The van der Waals surface area contributed by atoms with Gasteiger partial charge in [0.15, 0.2) is 0 Å². The minimum atomic E-state index is 0.234. The van der Waals surface area contributed by atoms with E-state index in [1.54, 1.807) is 7.11 Å². The van der Waals surface area contributed by atoms with Crippen LogP contribution in [0.3, 0.4) is 0 Å². The SMILES string of the molecule is CCC1CN(C(=O)CCc2ccccc2N)CCN1CCOC. The molecule has 1 aliphatic rings. The number of carbonyl (C=O) groups is 1. The second-order valence-corrected chi connectivity index (χ2v) is 6.13. The van der Waals surface area contributed by atoms with Gasteiger partial charge in [-0.15, -0.1) is 0 Å². The summed E-state index contributed by atoms with van der Waals surface area (Å²) in [7, 11) is 1.73. The number of carbonyl (C=O) groups excluding carboxylic acids is 1. The van der Waals surface area contributed by atoms with E-state index in [2.05, 4.69) is 11.8 Å². The van der Waals surface area contributed by atoms with Crippen molar-refractivity contribution in [1.29, 1.82) is 0 Å². The number of hydrogen-bond donors (Lipinski definition) is 1. The Bertz CT molecular complexity index is 507. The van der Waals surface area contributed by atoms with Gasteiger partial charge in [-0.05, 0) is 24.5 Å². The Morgan fingerprint density at radius 2 is 2.13 bits per heavy atom. The molecule has 0 radical (unpaired) electrons. The zero-order valence-corrected chi connectivity index (χ0v) is 14.3. The minimum Gasteiger partial charge on any atom is -0.399 e. The molecule has 23 heavy (non-hydrogen) atoms. The number of hydrogen-bond acceptors (Lipinski definition) is 4. The molecule has 2 N–H and O–H groups in total. The topological polar surface area (TPSA) is 58.8 Å². The fourth-order valence-corrected chi connectivity index (χ4v) is 3.17. The van der Waals surface area contributed by atoms with Gasteiger partial charge >= 0.3 is 0 Å². The van der Waals surface area contributed by atoms with Gasteiger partial charge in [0.2, 0.25) is 5.91 Å². The van der Waals surface area contributed by atoms with E-state index >= 15 is 0 Å². The molecule has 0 saturated carbocycles. The van der Waals surface area contributed by atoms with Crippen molar-refractivity contribution in [2.45, 2.75) is 32.2 Å². The molecule has 0 spiro atoms. The van der Waals surface area contributed by atoms with Crippen LogP contribution in [0.15, 0.2) is 24.3 Å². The summed E-state index contributed by atoms with van der Waals surface area (Å²) in [4.78, 5) is 17.0. The molecule has 1 amide bonds. The van der Waals surface area contributed by atoms with Crippen LogP contribution in [0.2, 0.25) is 0 Å². The number of methoxy groups -OCH3 is 1. The second kappa shape index (κ2) is 8.89. The van der Waals surface area contributed by atoms with Crippen molar-refractivity contribution in [2.24, 2.45) is 0 Å². The van der Waals surface area contributed by atoms with E-state index in [0.29, 0.717) is 18.9 Å². The van der Waals surface area contributed by atoms with Crippen LogP contribution in [-0.4, -0.2) is 61.6 Å². The van der Waals surface area contributed by atoms with Gasteiger partial charge in [0.1, 0.15) is 0 Å². The molecule has 5 nitrogen and oxygen atoms in total. The summed E-state index contributed by atoms with van der Waals surface area (Å²) in [5.74, 6) is 0.234. The third kappa shape index (κ3) is 4.94. The standard InChI is InChI=1S/C18H29N3O2/c1-3-16-14-21(11-10-20(16)12-13-23-2)18(22)9-8-15-6-4-5-7-17(15)19/h4-7,16H,3,8-14,19H2,1-2H3. The molecule has 1 aromatic rings. The van der Waals surface area contributed by atoms with Crippen LogP contribution < -0.4 is 5.73 Å². The van der Waals surface area contributed by atoms with E-state index < -0.39 is 0 Å². The Hall–Kier alpha value is -1.59. The highest BCUT2D eigenvalue weighted by Gasteiger charge is 2.27. The highest BCUT2D eigenvalue weighted by Crippen LogP contribution is 2.16. The Labute approximate surface area is 139 Å². The highest BCUT2D eigenvalue weighted by atomic mass is 16.5. The van der Waals surface area contributed by atoms with E-state index in [1.807, 2.05) is 29.2 Å². The Morgan fingerprint density at radius 3 is 2.83 bits per heavy atom. The lowest BCUT2D eigenvalue weighted by Gasteiger charge is -2.41. The van der Waals surface area contributed by atoms with Crippen LogP contribution in [0.1, 0.15) is 25.3 Å². The Morgan fingerprint density at radius 1 is 1.35 bits per heavy atom. The molecule has 0 aromatic heterocycles. The average molecular weight is 319 g/mol. The average Bonchev–Trinajstić information content (AvgIpc) is 2.58. The predicted octanol–water partition coefficient (Wildman–Crippen LogP) is 1.77. The number of nitrogens with two attached hydrogens (primary N) is 1. The van der Waals surface area contributed by atoms with E-state index in [1.165, 1.54) is 0 Å². The zero-order chi connectivity index (χ0) is 16.7. The number of anilines is 1. The van der Waals surface area contributed by atoms with E-state index in [9.17, 15) is 4.79 Å². The molecule has 128 valence electrons. The van der Waals surface area contributed by atoms with Gasteiger partial charge in [-0.3, -0.25) is 9.69 Å². The highest BCUT2D eigenvalue weighted by molar-refractivity contribution is 5.77. The van der Waals surface area contributed by atoms with Crippen molar-refractivity contribution in [1.82, 2.24) is 9.80 Å². The lowest BCUT2D eigenvalue weighted by Crippen LogP contribution is -2.55. The molecule has 1 heterocycles. The third-order valence-electron chi connectivity index (χ3n) is 4.67. The molecule has 2 rings (SSSR count). The first-order valence-corrected chi connectivity index (χ1v) is 8.49. The molecule has 1 aliphatic heterocycles. The Kier molecular flexibility index (Phi) is 6.86. The van der Waals surface area contributed by atoms with Crippen LogP contribution in [-0.2, 0) is 16.0 Å². The van der Waals surface area contributed by atoms with Crippen molar-refractivity contribution in [3.63, 3.8) is 0 Å². The number of nitrogen functional groups attached to an aromatic ring is 1. The van der Waals surface area contributed by atoms with Gasteiger partial charge in [0.25, 0.3) is 0 Å². The maximum atomic E-state index is 12.5. The van der Waals surface area contributed by atoms with Crippen molar-refractivity contribution in [3.8, 4) is 0 Å². The first-order chi connectivity index (χ1) is 11.2. The lowest BCUT2D eigenvalue weighted by atomic mass is 10.1. The molecule has 1 unspecified atom stereocenters. The fourth-order valence-electron chi connectivity index (χ4n) is 3.17. The maximum absolute atomic E-state index is 12.5. The first kappa shape index (κ1) is 17.8. The summed E-state index contributed by atoms with van der Waals surface area (Å²) in [6.07, 6.45) is 2.30. The van der Waals surface area contributed by atoms with Crippen LogP contribution >= 0.6 is 0 Å². The number of benzene rings is 1. The van der Waals surface area contributed by atoms with E-state index in [4.69, 9.17) is 10.5 Å². The first-order valence-electron chi connectivity index (χ1n) is 8.49. The number of amides is 1. The predicted molar refractivity (Wildman–Crippen MR) is 93.3 cm³/mol. The maximum Gasteiger partial charge on any atom is 0.222 e. The van der Waals surface area contributed by atoms with Gasteiger partial charge in [0.05, 0.1) is 6.61 Å². The fraction of sp³-hybridized carbons (Fsp3) is 0.611. The van der Waals surface area contributed by atoms with Crippen LogP contribution in [0.5, 0.6) is 0 Å². The summed E-state index contributed by atoms with van der Waals surface area (Å²) in [6.45, 7) is 6.44. The van der Waals surface area contributed by atoms with Gasteiger partial charge in [-0.25, -0.2) is 0 Å². The van der Waals surface area contributed by atoms with E-state index in [0.717, 1.165) is 50.5 Å². The minimum absolute atomic E-state index is 0.234. The van der Waals surface area contributed by atoms with Crippen LogP contribution in [0.25, 0.3) is 0 Å². The molecule has 0 aliphatic carbocycles. The molecule has 0 bridgehead atoms. The van der Waals surface area contributed by atoms with Crippen molar-refractivity contribution < 1.29 is 9.53 Å². The summed E-state index contributed by atoms with van der Waals surface area (Å²) in [5, 5.41) is 0. The number of para-hydroxylation sites is 1. The van der Waals surface area contributed by atoms with Crippen LogP contribution in [0, 0.1) is 0 Å². The van der Waals surface area contributed by atoms with E-state index in [-0.39, 0.29) is 5.91 Å². The van der Waals surface area contributed by atoms with Gasteiger partial charge in [-0.1, -0.05) is 25.1 Å². The molecule has 1 atom stereocenters. The van der Waals surface area contributed by atoms with Crippen molar-refractivity contribution in [2.75, 3.05) is 45.6 Å². The number of rotatable bonds is 7. The zero-order valence-electron chi connectivity index (χ0n) is 14.3.